The molecule has 0 amide bonds. The standard InChI is InChI=1S/C11H18NO2P/c1-3-15(13,4-2)9-14-11-8-6-5-7-10(11)12/h5-8H,3-4,9,12H2,1-2H3. The molecule has 0 atom stereocenters. The summed E-state index contributed by atoms with van der Waals surface area (Å²) < 4.78 is 17.6. The van der Waals surface area contributed by atoms with Gasteiger partial charge in [0.15, 0.2) is 0 Å². The molecule has 1 rings (SSSR count). The van der Waals surface area contributed by atoms with E-state index in [4.69, 9.17) is 10.5 Å². The van der Waals surface area contributed by atoms with Gasteiger partial charge in [-0.1, -0.05) is 26.0 Å². The zero-order chi connectivity index (χ0) is 11.3. The van der Waals surface area contributed by atoms with Gasteiger partial charge in [-0.25, -0.2) is 0 Å². The van der Waals surface area contributed by atoms with E-state index in [1.54, 1.807) is 12.1 Å². The van der Waals surface area contributed by atoms with Crippen LogP contribution < -0.4 is 10.5 Å². The van der Waals surface area contributed by atoms with E-state index in [0.717, 1.165) is 0 Å². The summed E-state index contributed by atoms with van der Waals surface area (Å²) in [5, 5.41) is 0. The second kappa shape index (κ2) is 5.22. The van der Waals surface area contributed by atoms with Crippen molar-refractivity contribution in [3.05, 3.63) is 24.3 Å². The van der Waals surface area contributed by atoms with Crippen LogP contribution in [0.5, 0.6) is 5.75 Å². The van der Waals surface area contributed by atoms with Crippen molar-refractivity contribution in [2.24, 2.45) is 0 Å². The molecule has 1 aromatic rings. The minimum atomic E-state index is -2.14. The molecule has 0 spiro atoms. The summed E-state index contributed by atoms with van der Waals surface area (Å²) >= 11 is 0. The van der Waals surface area contributed by atoms with E-state index in [-0.39, 0.29) is 6.35 Å². The summed E-state index contributed by atoms with van der Waals surface area (Å²) in [7, 11) is -2.14. The Bertz CT molecular complexity index is 357. The quantitative estimate of drug-likeness (QED) is 0.621. The maximum Gasteiger partial charge on any atom is 0.142 e. The molecular formula is C11H18NO2P. The van der Waals surface area contributed by atoms with Crippen LogP contribution in [-0.2, 0) is 4.57 Å². The number of nitrogen functional groups attached to an aromatic ring is 1. The van der Waals surface area contributed by atoms with Gasteiger partial charge in [-0.05, 0) is 12.1 Å². The van der Waals surface area contributed by atoms with Crippen molar-refractivity contribution in [2.75, 3.05) is 24.4 Å². The second-order valence-corrected chi connectivity index (χ2v) is 7.14. The van der Waals surface area contributed by atoms with Crippen LogP contribution in [0.2, 0.25) is 0 Å². The molecule has 0 saturated heterocycles. The first-order valence-corrected chi connectivity index (χ1v) is 7.42. The van der Waals surface area contributed by atoms with Crippen LogP contribution in [0, 0.1) is 0 Å². The van der Waals surface area contributed by atoms with E-state index < -0.39 is 7.14 Å². The minimum Gasteiger partial charge on any atom is -0.484 e. The Morgan fingerprint density at radius 3 is 2.40 bits per heavy atom. The Morgan fingerprint density at radius 1 is 1.27 bits per heavy atom. The lowest BCUT2D eigenvalue weighted by Gasteiger charge is -2.15. The zero-order valence-electron chi connectivity index (χ0n) is 9.27. The number of hydrogen-bond donors (Lipinski definition) is 1. The third-order valence-corrected chi connectivity index (χ3v) is 5.43. The minimum absolute atomic E-state index is 0.286. The number of nitrogens with two attached hydrogens (primary N) is 1. The van der Waals surface area contributed by atoms with Crippen LogP contribution in [0.4, 0.5) is 5.69 Å². The van der Waals surface area contributed by atoms with Crippen LogP contribution in [-0.4, -0.2) is 18.7 Å². The largest absolute Gasteiger partial charge is 0.484 e. The first kappa shape index (κ1) is 12.1. The highest BCUT2D eigenvalue weighted by molar-refractivity contribution is 7.63. The molecule has 0 aliphatic heterocycles. The van der Waals surface area contributed by atoms with E-state index in [1.807, 2.05) is 26.0 Å². The molecular weight excluding hydrogens is 209 g/mol. The Kier molecular flexibility index (Phi) is 4.22. The highest BCUT2D eigenvalue weighted by atomic mass is 31.2. The molecule has 84 valence electrons. The van der Waals surface area contributed by atoms with E-state index >= 15 is 0 Å². The van der Waals surface area contributed by atoms with Gasteiger partial charge in [-0.15, -0.1) is 0 Å². The maximum absolute atomic E-state index is 12.1. The van der Waals surface area contributed by atoms with E-state index in [1.165, 1.54) is 0 Å². The van der Waals surface area contributed by atoms with Gasteiger partial charge in [-0.2, -0.15) is 0 Å². The average molecular weight is 227 g/mol. The molecule has 3 nitrogen and oxygen atoms in total. The monoisotopic (exact) mass is 227 g/mol. The van der Waals surface area contributed by atoms with E-state index in [9.17, 15) is 4.57 Å². The molecule has 2 N–H and O–H groups in total. The second-order valence-electron chi connectivity index (χ2n) is 3.50. The van der Waals surface area contributed by atoms with Crippen molar-refractivity contribution < 1.29 is 9.30 Å². The number of ether oxygens (including phenoxy) is 1. The molecule has 0 saturated carbocycles. The fraction of sp³-hybridized carbons (Fsp3) is 0.455. The Balaban J connectivity index is 2.65. The summed E-state index contributed by atoms with van der Waals surface area (Å²) in [6.07, 6.45) is 1.64. The van der Waals surface area contributed by atoms with Crippen molar-refractivity contribution in [1.82, 2.24) is 0 Å². The SMILES string of the molecule is CCP(=O)(CC)COc1ccccc1N. The molecule has 0 aromatic heterocycles. The molecule has 1 aromatic carbocycles. The lowest BCUT2D eigenvalue weighted by molar-refractivity contribution is 0.378. The molecule has 0 aliphatic carbocycles. The predicted molar refractivity (Wildman–Crippen MR) is 65.0 cm³/mol. The van der Waals surface area contributed by atoms with Crippen LogP contribution in [0.3, 0.4) is 0 Å². The number of benzene rings is 1. The molecule has 0 radical (unpaired) electrons. The summed E-state index contributed by atoms with van der Waals surface area (Å²) in [6, 6.07) is 7.28. The van der Waals surface area contributed by atoms with Crippen LogP contribution >= 0.6 is 7.14 Å². The molecule has 0 heterocycles. The van der Waals surface area contributed by atoms with Crippen molar-refractivity contribution in [3.8, 4) is 5.75 Å². The third-order valence-electron chi connectivity index (χ3n) is 2.53. The van der Waals surface area contributed by atoms with Gasteiger partial charge in [0.2, 0.25) is 0 Å². The summed E-state index contributed by atoms with van der Waals surface area (Å²) in [5.74, 6) is 0.625. The summed E-state index contributed by atoms with van der Waals surface area (Å²) in [5.41, 5.74) is 6.31. The highest BCUT2D eigenvalue weighted by Crippen LogP contribution is 2.44. The van der Waals surface area contributed by atoms with Gasteiger partial charge < -0.3 is 15.0 Å². The van der Waals surface area contributed by atoms with Crippen molar-refractivity contribution in [2.45, 2.75) is 13.8 Å². The molecule has 0 aliphatic rings. The Labute approximate surface area is 91.0 Å². The normalized spacial score (nSPS) is 11.3. The van der Waals surface area contributed by atoms with Gasteiger partial charge in [0.05, 0.1) is 5.69 Å². The molecule has 4 heteroatoms. The molecule has 15 heavy (non-hydrogen) atoms. The van der Waals surface area contributed by atoms with Crippen molar-refractivity contribution >= 4 is 12.8 Å². The first-order valence-electron chi connectivity index (χ1n) is 5.15. The van der Waals surface area contributed by atoms with Crippen LogP contribution in [0.15, 0.2) is 24.3 Å². The predicted octanol–water partition coefficient (Wildman–Crippen LogP) is 3.01. The van der Waals surface area contributed by atoms with Gasteiger partial charge in [0.25, 0.3) is 0 Å². The Hall–Kier alpha value is -0.950. The number of anilines is 1. The van der Waals surface area contributed by atoms with Gasteiger partial charge in [0, 0.05) is 12.3 Å². The van der Waals surface area contributed by atoms with Crippen LogP contribution in [0.25, 0.3) is 0 Å². The van der Waals surface area contributed by atoms with Crippen molar-refractivity contribution in [1.29, 1.82) is 0 Å². The van der Waals surface area contributed by atoms with Gasteiger partial charge in [-0.3, -0.25) is 0 Å². The maximum atomic E-state index is 12.1. The fourth-order valence-electron chi connectivity index (χ4n) is 1.21. The first-order chi connectivity index (χ1) is 7.11. The van der Waals surface area contributed by atoms with E-state index in [0.29, 0.717) is 23.8 Å². The lowest BCUT2D eigenvalue weighted by atomic mass is 10.3. The number of rotatable bonds is 5. The smallest absolute Gasteiger partial charge is 0.142 e. The molecule has 0 bridgehead atoms. The zero-order valence-corrected chi connectivity index (χ0v) is 10.2. The average Bonchev–Trinajstić information content (AvgIpc) is 2.28. The summed E-state index contributed by atoms with van der Waals surface area (Å²) in [4.78, 5) is 0. The highest BCUT2D eigenvalue weighted by Gasteiger charge is 2.18. The topological polar surface area (TPSA) is 52.3 Å². The van der Waals surface area contributed by atoms with Gasteiger partial charge >= 0.3 is 0 Å². The van der Waals surface area contributed by atoms with E-state index in [2.05, 4.69) is 0 Å². The number of hydrogen-bond acceptors (Lipinski definition) is 3. The van der Waals surface area contributed by atoms with Crippen LogP contribution in [0.1, 0.15) is 13.8 Å². The number of para-hydroxylation sites is 2. The summed E-state index contributed by atoms with van der Waals surface area (Å²) in [6.45, 7) is 3.87. The van der Waals surface area contributed by atoms with Gasteiger partial charge in [0.1, 0.15) is 19.2 Å². The molecule has 0 unspecified atom stereocenters. The lowest BCUT2D eigenvalue weighted by Crippen LogP contribution is -2.04. The Morgan fingerprint density at radius 2 is 1.87 bits per heavy atom. The fourth-order valence-corrected chi connectivity index (χ4v) is 2.39. The molecule has 0 fully saturated rings. The van der Waals surface area contributed by atoms with Crippen molar-refractivity contribution in [3.63, 3.8) is 0 Å². The third kappa shape index (κ3) is 3.28.